The minimum Gasteiger partial charge on any atom is -0.374 e. The molecule has 0 amide bonds. The number of nitrogens with one attached hydrogen (secondary N) is 1. The second kappa shape index (κ2) is 8.13. The molecular formula is C15H27ClN4O. The summed E-state index contributed by atoms with van der Waals surface area (Å²) in [4.78, 5) is 2.30. The fourth-order valence-electron chi connectivity index (χ4n) is 2.60. The standard InChI is InChI=1S/C15H27ClN4O/c1-4-5-6-20-15(16)14(12(2)18-20)10-17-9-13-11-19(3)7-8-21-13/h13,17H,4-11H2,1-3H3/t13-/m0/s1. The predicted octanol–water partition coefficient (Wildman–Crippen LogP) is 2.07. The van der Waals surface area contributed by atoms with Crippen LogP contribution in [0, 0.1) is 6.92 Å². The van der Waals surface area contributed by atoms with Crippen molar-refractivity contribution in [1.82, 2.24) is 20.0 Å². The summed E-state index contributed by atoms with van der Waals surface area (Å²) in [6.45, 7) is 9.51. The third-order valence-electron chi connectivity index (χ3n) is 3.92. The third-order valence-corrected chi connectivity index (χ3v) is 4.35. The second-order valence-corrected chi connectivity index (χ2v) is 6.18. The van der Waals surface area contributed by atoms with Crippen molar-refractivity contribution in [2.45, 2.75) is 45.9 Å². The summed E-state index contributed by atoms with van der Waals surface area (Å²) in [6.07, 6.45) is 2.52. The Kier molecular flexibility index (Phi) is 6.48. The maximum Gasteiger partial charge on any atom is 0.131 e. The van der Waals surface area contributed by atoms with Crippen molar-refractivity contribution in [3.8, 4) is 0 Å². The molecule has 2 heterocycles. The van der Waals surface area contributed by atoms with Crippen molar-refractivity contribution in [2.75, 3.05) is 33.3 Å². The summed E-state index contributed by atoms with van der Waals surface area (Å²) in [5.74, 6) is 0. The van der Waals surface area contributed by atoms with E-state index in [0.717, 1.165) is 68.6 Å². The Hall–Kier alpha value is -0.620. The van der Waals surface area contributed by atoms with Gasteiger partial charge in [-0.05, 0) is 20.4 Å². The molecule has 2 rings (SSSR count). The van der Waals surface area contributed by atoms with Crippen LogP contribution in [0.5, 0.6) is 0 Å². The molecular weight excluding hydrogens is 288 g/mol. The second-order valence-electron chi connectivity index (χ2n) is 5.82. The van der Waals surface area contributed by atoms with E-state index in [9.17, 15) is 0 Å². The maximum atomic E-state index is 6.43. The molecule has 0 aromatic carbocycles. The number of aromatic nitrogens is 2. The molecule has 1 aromatic rings. The van der Waals surface area contributed by atoms with E-state index >= 15 is 0 Å². The van der Waals surface area contributed by atoms with Crippen molar-refractivity contribution in [2.24, 2.45) is 0 Å². The van der Waals surface area contributed by atoms with Gasteiger partial charge in [-0.2, -0.15) is 5.10 Å². The molecule has 1 aromatic heterocycles. The minimum absolute atomic E-state index is 0.262. The Bertz CT molecular complexity index is 449. The topological polar surface area (TPSA) is 42.3 Å². The van der Waals surface area contributed by atoms with Crippen LogP contribution in [-0.4, -0.2) is 54.1 Å². The lowest BCUT2D eigenvalue weighted by Crippen LogP contribution is -2.44. The Balaban J connectivity index is 1.83. The Morgan fingerprint density at radius 3 is 3.00 bits per heavy atom. The number of hydrogen-bond donors (Lipinski definition) is 1. The summed E-state index contributed by atoms with van der Waals surface area (Å²) in [5, 5.41) is 8.76. The molecule has 0 spiro atoms. The van der Waals surface area contributed by atoms with E-state index in [1.165, 1.54) is 0 Å². The van der Waals surface area contributed by atoms with Gasteiger partial charge in [-0.3, -0.25) is 4.68 Å². The molecule has 1 N–H and O–H groups in total. The summed E-state index contributed by atoms with van der Waals surface area (Å²) in [7, 11) is 2.13. The average molecular weight is 315 g/mol. The normalized spacial score (nSPS) is 20.1. The van der Waals surface area contributed by atoms with Crippen LogP contribution in [0.3, 0.4) is 0 Å². The maximum absolute atomic E-state index is 6.43. The first-order chi connectivity index (χ1) is 10.1. The van der Waals surface area contributed by atoms with Crippen LogP contribution in [0.1, 0.15) is 31.0 Å². The zero-order valence-corrected chi connectivity index (χ0v) is 14.1. The highest BCUT2D eigenvalue weighted by Gasteiger charge is 2.18. The van der Waals surface area contributed by atoms with E-state index in [4.69, 9.17) is 16.3 Å². The summed E-state index contributed by atoms with van der Waals surface area (Å²) in [5.41, 5.74) is 2.13. The summed E-state index contributed by atoms with van der Waals surface area (Å²) < 4.78 is 7.67. The molecule has 5 nitrogen and oxygen atoms in total. The number of morpholine rings is 1. The van der Waals surface area contributed by atoms with Gasteiger partial charge < -0.3 is 15.0 Å². The van der Waals surface area contributed by atoms with E-state index in [1.807, 2.05) is 11.6 Å². The highest BCUT2D eigenvalue weighted by molar-refractivity contribution is 6.30. The van der Waals surface area contributed by atoms with Crippen LogP contribution in [0.2, 0.25) is 5.15 Å². The van der Waals surface area contributed by atoms with Gasteiger partial charge in [-0.25, -0.2) is 0 Å². The number of ether oxygens (including phenoxy) is 1. The molecule has 0 saturated carbocycles. The lowest BCUT2D eigenvalue weighted by atomic mass is 10.2. The SMILES string of the molecule is CCCCn1nc(C)c(CNC[C@H]2CN(C)CCO2)c1Cl. The van der Waals surface area contributed by atoms with Crippen LogP contribution in [-0.2, 0) is 17.8 Å². The monoisotopic (exact) mass is 314 g/mol. The first kappa shape index (κ1) is 16.7. The van der Waals surface area contributed by atoms with Gasteiger partial charge in [-0.15, -0.1) is 0 Å². The molecule has 21 heavy (non-hydrogen) atoms. The van der Waals surface area contributed by atoms with Gasteiger partial charge in [0, 0.05) is 38.3 Å². The minimum atomic E-state index is 0.262. The van der Waals surface area contributed by atoms with Gasteiger partial charge in [0.15, 0.2) is 0 Å². The van der Waals surface area contributed by atoms with Crippen molar-refractivity contribution in [3.05, 3.63) is 16.4 Å². The molecule has 0 aliphatic carbocycles. The molecule has 6 heteroatoms. The van der Waals surface area contributed by atoms with Gasteiger partial charge in [0.2, 0.25) is 0 Å². The fraction of sp³-hybridized carbons (Fsp3) is 0.800. The third kappa shape index (κ3) is 4.68. The van der Waals surface area contributed by atoms with E-state index in [2.05, 4.69) is 29.3 Å². The zero-order chi connectivity index (χ0) is 15.2. The van der Waals surface area contributed by atoms with Crippen LogP contribution >= 0.6 is 11.6 Å². The zero-order valence-electron chi connectivity index (χ0n) is 13.4. The predicted molar refractivity (Wildman–Crippen MR) is 85.8 cm³/mol. The molecule has 1 aliphatic rings. The van der Waals surface area contributed by atoms with Crippen molar-refractivity contribution in [1.29, 1.82) is 0 Å². The number of nitrogens with zero attached hydrogens (tertiary/aromatic N) is 3. The van der Waals surface area contributed by atoms with Crippen LogP contribution in [0.4, 0.5) is 0 Å². The number of aryl methyl sites for hydroxylation is 2. The van der Waals surface area contributed by atoms with E-state index < -0.39 is 0 Å². The highest BCUT2D eigenvalue weighted by Crippen LogP contribution is 2.20. The lowest BCUT2D eigenvalue weighted by molar-refractivity contribution is -0.0182. The Morgan fingerprint density at radius 1 is 1.48 bits per heavy atom. The summed E-state index contributed by atoms with van der Waals surface area (Å²) >= 11 is 6.43. The Morgan fingerprint density at radius 2 is 2.29 bits per heavy atom. The van der Waals surface area contributed by atoms with Crippen molar-refractivity contribution < 1.29 is 4.74 Å². The largest absolute Gasteiger partial charge is 0.374 e. The van der Waals surface area contributed by atoms with Gasteiger partial charge >= 0.3 is 0 Å². The number of rotatable bonds is 7. The molecule has 1 atom stereocenters. The highest BCUT2D eigenvalue weighted by atomic mass is 35.5. The van der Waals surface area contributed by atoms with Gasteiger partial charge in [0.25, 0.3) is 0 Å². The smallest absolute Gasteiger partial charge is 0.131 e. The van der Waals surface area contributed by atoms with Gasteiger partial charge in [-0.1, -0.05) is 24.9 Å². The number of unbranched alkanes of at least 4 members (excludes halogenated alkanes) is 1. The fourth-order valence-corrected chi connectivity index (χ4v) is 2.92. The number of halogens is 1. The van der Waals surface area contributed by atoms with E-state index in [-0.39, 0.29) is 6.10 Å². The van der Waals surface area contributed by atoms with Crippen molar-refractivity contribution in [3.63, 3.8) is 0 Å². The molecule has 1 fully saturated rings. The van der Waals surface area contributed by atoms with Crippen LogP contribution in [0.15, 0.2) is 0 Å². The lowest BCUT2D eigenvalue weighted by Gasteiger charge is -2.30. The first-order valence-corrected chi connectivity index (χ1v) is 8.22. The molecule has 0 unspecified atom stereocenters. The quantitative estimate of drug-likeness (QED) is 0.836. The van der Waals surface area contributed by atoms with Crippen molar-refractivity contribution >= 4 is 11.6 Å². The molecule has 1 saturated heterocycles. The van der Waals surface area contributed by atoms with Gasteiger partial charge in [0.05, 0.1) is 18.4 Å². The van der Waals surface area contributed by atoms with E-state index in [0.29, 0.717) is 0 Å². The molecule has 1 aliphatic heterocycles. The van der Waals surface area contributed by atoms with Crippen LogP contribution in [0.25, 0.3) is 0 Å². The molecule has 120 valence electrons. The van der Waals surface area contributed by atoms with Crippen LogP contribution < -0.4 is 5.32 Å². The average Bonchev–Trinajstić information content (AvgIpc) is 2.72. The van der Waals surface area contributed by atoms with E-state index in [1.54, 1.807) is 0 Å². The molecule has 0 bridgehead atoms. The number of hydrogen-bond acceptors (Lipinski definition) is 4. The first-order valence-electron chi connectivity index (χ1n) is 7.84. The number of likely N-dealkylation sites (N-methyl/N-ethyl adjacent to an activating group) is 1. The Labute approximate surface area is 132 Å². The van der Waals surface area contributed by atoms with Gasteiger partial charge in [0.1, 0.15) is 5.15 Å². The summed E-state index contributed by atoms with van der Waals surface area (Å²) in [6, 6.07) is 0. The molecule has 0 radical (unpaired) electrons.